The number of fused-ring (bicyclic) bond motifs is 2. The van der Waals surface area contributed by atoms with Crippen LogP contribution in [0, 0.1) is 23.0 Å². The number of carbonyl (C=O) groups is 2. The molecule has 1 N–H and O–H groups in total. The molecular formula is C27H19F2N3O3. The summed E-state index contributed by atoms with van der Waals surface area (Å²) < 4.78 is 33.2. The second kappa shape index (κ2) is 8.37. The number of hydrogen-bond donors (Lipinski definition) is 1. The summed E-state index contributed by atoms with van der Waals surface area (Å²) in [6.45, 7) is 1.50. The SMILES string of the molecule is CC1(C#N)C(=O)N(Cc2cc(F)cc(F)c2)c2cc(C(=O)NCc3cc4ccccc4o3)ccc21. The molecule has 3 aromatic carbocycles. The molecule has 0 fully saturated rings. The number of nitrogens with one attached hydrogen (secondary N) is 1. The molecule has 1 unspecified atom stereocenters. The van der Waals surface area contributed by atoms with Gasteiger partial charge in [0.2, 0.25) is 0 Å². The first-order valence-electron chi connectivity index (χ1n) is 10.9. The summed E-state index contributed by atoms with van der Waals surface area (Å²) in [7, 11) is 0. The van der Waals surface area contributed by atoms with Crippen LogP contribution < -0.4 is 10.2 Å². The van der Waals surface area contributed by atoms with Crippen LogP contribution in [-0.2, 0) is 23.3 Å². The van der Waals surface area contributed by atoms with E-state index in [-0.39, 0.29) is 24.2 Å². The van der Waals surface area contributed by atoms with Gasteiger partial charge in [0, 0.05) is 22.6 Å². The summed E-state index contributed by atoms with van der Waals surface area (Å²) in [5.41, 5.74) is 0.502. The number of nitrogens with zero attached hydrogens (tertiary/aromatic N) is 2. The number of amides is 2. The van der Waals surface area contributed by atoms with Crippen LogP contribution in [0.5, 0.6) is 0 Å². The van der Waals surface area contributed by atoms with Crippen molar-refractivity contribution >= 4 is 28.5 Å². The molecule has 1 atom stereocenters. The first kappa shape index (κ1) is 22.3. The van der Waals surface area contributed by atoms with Crippen LogP contribution >= 0.6 is 0 Å². The zero-order valence-electron chi connectivity index (χ0n) is 18.6. The maximum Gasteiger partial charge on any atom is 0.252 e. The van der Waals surface area contributed by atoms with Crippen molar-refractivity contribution < 1.29 is 22.8 Å². The normalized spacial score (nSPS) is 16.9. The Balaban J connectivity index is 1.42. The van der Waals surface area contributed by atoms with Crippen LogP contribution in [0.15, 0.2) is 71.1 Å². The minimum Gasteiger partial charge on any atom is -0.459 e. The van der Waals surface area contributed by atoms with Gasteiger partial charge in [-0.05, 0) is 48.9 Å². The van der Waals surface area contributed by atoms with Gasteiger partial charge < -0.3 is 14.6 Å². The van der Waals surface area contributed by atoms with E-state index in [1.807, 2.05) is 36.4 Å². The van der Waals surface area contributed by atoms with Crippen molar-refractivity contribution in [2.45, 2.75) is 25.4 Å². The van der Waals surface area contributed by atoms with Crippen molar-refractivity contribution in [2.75, 3.05) is 4.90 Å². The number of carbonyl (C=O) groups excluding carboxylic acids is 2. The molecule has 1 aromatic heterocycles. The fraction of sp³-hybridized carbons (Fsp3) is 0.148. The minimum atomic E-state index is -1.48. The molecule has 0 bridgehead atoms. The van der Waals surface area contributed by atoms with E-state index in [1.54, 1.807) is 12.1 Å². The molecule has 0 spiro atoms. The number of nitriles is 1. The standard InChI is InChI=1S/C27H19F2N3O3/c1-27(15-30)22-7-6-18(25(33)31-13-21-10-17-4-2-3-5-24(17)35-21)11-23(22)32(26(27)34)14-16-8-19(28)12-20(29)9-16/h2-12H,13-14H2,1H3,(H,31,33). The topological polar surface area (TPSA) is 86.3 Å². The van der Waals surface area contributed by atoms with Gasteiger partial charge in [0.15, 0.2) is 5.41 Å². The Morgan fingerprint density at radius 3 is 2.54 bits per heavy atom. The number of para-hydroxylation sites is 1. The van der Waals surface area contributed by atoms with Gasteiger partial charge in [0.05, 0.1) is 24.8 Å². The molecule has 35 heavy (non-hydrogen) atoms. The molecule has 6 nitrogen and oxygen atoms in total. The Kier molecular flexibility index (Phi) is 5.33. The van der Waals surface area contributed by atoms with E-state index in [1.165, 1.54) is 17.9 Å². The predicted octanol–water partition coefficient (Wildman–Crippen LogP) is 4.97. The maximum absolute atomic E-state index is 13.7. The average Bonchev–Trinajstić information content (AvgIpc) is 3.35. The summed E-state index contributed by atoms with van der Waals surface area (Å²) in [6, 6.07) is 19.0. The highest BCUT2D eigenvalue weighted by atomic mass is 19.1. The highest BCUT2D eigenvalue weighted by molar-refractivity contribution is 6.11. The molecule has 8 heteroatoms. The van der Waals surface area contributed by atoms with Crippen molar-refractivity contribution in [1.29, 1.82) is 5.26 Å². The molecule has 0 radical (unpaired) electrons. The summed E-state index contributed by atoms with van der Waals surface area (Å²) in [6.07, 6.45) is 0. The third kappa shape index (κ3) is 3.91. The lowest BCUT2D eigenvalue weighted by Crippen LogP contribution is -2.36. The largest absolute Gasteiger partial charge is 0.459 e. The fourth-order valence-corrected chi connectivity index (χ4v) is 4.36. The average molecular weight is 471 g/mol. The third-order valence-corrected chi connectivity index (χ3v) is 6.15. The molecule has 5 rings (SSSR count). The van der Waals surface area contributed by atoms with E-state index in [2.05, 4.69) is 5.32 Å². The lowest BCUT2D eigenvalue weighted by atomic mass is 9.85. The number of furan rings is 1. The fourth-order valence-electron chi connectivity index (χ4n) is 4.36. The van der Waals surface area contributed by atoms with Gasteiger partial charge in [-0.1, -0.05) is 24.3 Å². The summed E-state index contributed by atoms with van der Waals surface area (Å²) in [5, 5.41) is 13.5. The Labute approximate surface area is 199 Å². The molecule has 0 saturated carbocycles. The molecule has 174 valence electrons. The number of benzene rings is 3. The maximum atomic E-state index is 13.7. The Morgan fingerprint density at radius 1 is 1.09 bits per heavy atom. The van der Waals surface area contributed by atoms with Crippen molar-refractivity contribution in [3.63, 3.8) is 0 Å². The summed E-state index contributed by atoms with van der Waals surface area (Å²) in [4.78, 5) is 27.3. The van der Waals surface area contributed by atoms with Gasteiger partial charge in [0.25, 0.3) is 11.8 Å². The first-order chi connectivity index (χ1) is 16.8. The number of rotatable bonds is 5. The number of anilines is 1. The van der Waals surface area contributed by atoms with Crippen LogP contribution in [0.4, 0.5) is 14.5 Å². The highest BCUT2D eigenvalue weighted by Crippen LogP contribution is 2.42. The Morgan fingerprint density at radius 2 is 1.83 bits per heavy atom. The van der Waals surface area contributed by atoms with Gasteiger partial charge in [-0.2, -0.15) is 5.26 Å². The van der Waals surface area contributed by atoms with E-state index in [0.29, 0.717) is 22.6 Å². The molecular weight excluding hydrogens is 452 g/mol. The molecule has 2 amide bonds. The minimum absolute atomic E-state index is 0.151. The monoisotopic (exact) mass is 471 g/mol. The molecule has 2 heterocycles. The van der Waals surface area contributed by atoms with Crippen molar-refractivity contribution in [2.24, 2.45) is 0 Å². The van der Waals surface area contributed by atoms with Gasteiger partial charge >= 0.3 is 0 Å². The van der Waals surface area contributed by atoms with Crippen LogP contribution in [0.2, 0.25) is 0 Å². The third-order valence-electron chi connectivity index (χ3n) is 6.15. The van der Waals surface area contributed by atoms with E-state index >= 15 is 0 Å². The van der Waals surface area contributed by atoms with Gasteiger partial charge in [-0.25, -0.2) is 8.78 Å². The quantitative estimate of drug-likeness (QED) is 0.445. The number of hydrogen-bond acceptors (Lipinski definition) is 4. The van der Waals surface area contributed by atoms with Gasteiger partial charge in [0.1, 0.15) is 23.0 Å². The lowest BCUT2D eigenvalue weighted by Gasteiger charge is -2.19. The Bertz CT molecular complexity index is 1490. The van der Waals surface area contributed by atoms with Gasteiger partial charge in [-0.3, -0.25) is 9.59 Å². The smallest absolute Gasteiger partial charge is 0.252 e. The van der Waals surface area contributed by atoms with Crippen LogP contribution in [-0.4, -0.2) is 11.8 Å². The molecule has 0 saturated heterocycles. The Hall–Kier alpha value is -4.51. The second-order valence-electron chi connectivity index (χ2n) is 8.57. The van der Waals surface area contributed by atoms with Crippen molar-refractivity contribution in [1.82, 2.24) is 5.32 Å². The molecule has 0 aliphatic carbocycles. The van der Waals surface area contributed by atoms with E-state index < -0.39 is 28.9 Å². The van der Waals surface area contributed by atoms with Crippen molar-refractivity contribution in [3.8, 4) is 6.07 Å². The molecule has 1 aliphatic rings. The van der Waals surface area contributed by atoms with E-state index in [0.717, 1.165) is 23.6 Å². The highest BCUT2D eigenvalue weighted by Gasteiger charge is 2.48. The predicted molar refractivity (Wildman–Crippen MR) is 124 cm³/mol. The van der Waals surface area contributed by atoms with Crippen molar-refractivity contribution in [3.05, 3.63) is 101 Å². The first-order valence-corrected chi connectivity index (χ1v) is 10.9. The molecule has 4 aromatic rings. The summed E-state index contributed by atoms with van der Waals surface area (Å²) >= 11 is 0. The summed E-state index contributed by atoms with van der Waals surface area (Å²) in [5.74, 6) is -1.88. The van der Waals surface area contributed by atoms with E-state index in [9.17, 15) is 23.6 Å². The zero-order valence-corrected chi connectivity index (χ0v) is 18.6. The molecule has 1 aliphatic heterocycles. The number of halogens is 2. The lowest BCUT2D eigenvalue weighted by molar-refractivity contribution is -0.121. The van der Waals surface area contributed by atoms with Crippen LogP contribution in [0.25, 0.3) is 11.0 Å². The zero-order chi connectivity index (χ0) is 24.7. The van der Waals surface area contributed by atoms with Crippen LogP contribution in [0.3, 0.4) is 0 Å². The van der Waals surface area contributed by atoms with Gasteiger partial charge in [-0.15, -0.1) is 0 Å². The van der Waals surface area contributed by atoms with E-state index in [4.69, 9.17) is 4.42 Å². The van der Waals surface area contributed by atoms with Crippen LogP contribution in [0.1, 0.15) is 34.2 Å². The second-order valence-corrected chi connectivity index (χ2v) is 8.57.